The highest BCUT2D eigenvalue weighted by molar-refractivity contribution is 5.75. The Kier molecular flexibility index (Phi) is 2.37. The third kappa shape index (κ3) is 1.87. The largest absolute Gasteiger partial charge is 0.326 e. The average molecular weight is 222 g/mol. The maximum atomic E-state index is 13.7. The van der Waals surface area contributed by atoms with Crippen molar-refractivity contribution in [2.75, 3.05) is 0 Å². The summed E-state index contributed by atoms with van der Waals surface area (Å²) in [5.41, 5.74) is 0.591. The molecule has 86 valence electrons. The van der Waals surface area contributed by atoms with Crippen LogP contribution in [0.1, 0.15) is 20.8 Å². The molecular formula is C12H15FN2O. The molecule has 1 aromatic carbocycles. The smallest absolute Gasteiger partial charge is 0.305 e. The first kappa shape index (κ1) is 10.9. The zero-order chi connectivity index (χ0) is 11.9. The van der Waals surface area contributed by atoms with Gasteiger partial charge in [0.2, 0.25) is 0 Å². The van der Waals surface area contributed by atoms with Gasteiger partial charge in [-0.2, -0.15) is 0 Å². The second-order valence-corrected chi connectivity index (χ2v) is 5.21. The quantitative estimate of drug-likeness (QED) is 0.791. The normalized spacial score (nSPS) is 12.2. The minimum Gasteiger partial charge on any atom is -0.305 e. The monoisotopic (exact) mass is 222 g/mol. The number of aromatic amines is 1. The van der Waals surface area contributed by atoms with Crippen molar-refractivity contribution in [1.29, 1.82) is 0 Å². The molecule has 0 spiro atoms. The fraction of sp³-hybridized carbons (Fsp3) is 0.417. The molecule has 1 heterocycles. The Morgan fingerprint density at radius 3 is 2.69 bits per heavy atom. The van der Waals surface area contributed by atoms with Crippen LogP contribution < -0.4 is 5.69 Å². The van der Waals surface area contributed by atoms with Gasteiger partial charge >= 0.3 is 5.69 Å². The molecule has 0 radical (unpaired) electrons. The number of benzene rings is 1. The second-order valence-electron chi connectivity index (χ2n) is 5.21. The van der Waals surface area contributed by atoms with Gasteiger partial charge in [-0.25, -0.2) is 9.18 Å². The van der Waals surface area contributed by atoms with E-state index in [-0.39, 0.29) is 16.9 Å². The third-order valence-electron chi connectivity index (χ3n) is 2.38. The molecule has 1 N–H and O–H groups in total. The molecule has 2 aromatic rings. The number of hydrogen-bond donors (Lipinski definition) is 1. The van der Waals surface area contributed by atoms with E-state index in [1.165, 1.54) is 10.6 Å². The number of halogens is 1. The summed E-state index contributed by atoms with van der Waals surface area (Å²) in [7, 11) is 0. The van der Waals surface area contributed by atoms with Crippen molar-refractivity contribution in [1.82, 2.24) is 9.55 Å². The first-order valence-electron chi connectivity index (χ1n) is 5.25. The van der Waals surface area contributed by atoms with Crippen molar-refractivity contribution in [3.63, 3.8) is 0 Å². The van der Waals surface area contributed by atoms with Crippen LogP contribution in [0.3, 0.4) is 0 Å². The van der Waals surface area contributed by atoms with E-state index in [9.17, 15) is 9.18 Å². The van der Waals surface area contributed by atoms with Gasteiger partial charge in [0.15, 0.2) is 0 Å². The topological polar surface area (TPSA) is 37.8 Å². The van der Waals surface area contributed by atoms with Crippen molar-refractivity contribution in [2.24, 2.45) is 5.41 Å². The van der Waals surface area contributed by atoms with Crippen LogP contribution in [0.4, 0.5) is 4.39 Å². The van der Waals surface area contributed by atoms with Gasteiger partial charge in [-0.1, -0.05) is 26.8 Å². The van der Waals surface area contributed by atoms with Gasteiger partial charge in [0, 0.05) is 6.54 Å². The van der Waals surface area contributed by atoms with Crippen molar-refractivity contribution < 1.29 is 4.39 Å². The molecule has 4 heteroatoms. The second kappa shape index (κ2) is 3.47. The molecule has 2 rings (SSSR count). The van der Waals surface area contributed by atoms with Crippen LogP contribution in [-0.4, -0.2) is 9.55 Å². The molecule has 0 atom stereocenters. The standard InChI is InChI=1S/C12H15FN2O/c1-12(2,3)7-15-10-8(13)5-4-6-9(10)14-11(15)16/h4-6H,7H2,1-3H3,(H,14,16). The Labute approximate surface area is 92.9 Å². The zero-order valence-electron chi connectivity index (χ0n) is 9.67. The van der Waals surface area contributed by atoms with E-state index in [1.54, 1.807) is 12.1 Å². The minimum atomic E-state index is -0.361. The van der Waals surface area contributed by atoms with Crippen molar-refractivity contribution in [3.8, 4) is 0 Å². The number of imidazole rings is 1. The summed E-state index contributed by atoms with van der Waals surface area (Å²) >= 11 is 0. The minimum absolute atomic E-state index is 0.0682. The summed E-state index contributed by atoms with van der Waals surface area (Å²) in [5, 5.41) is 0. The maximum absolute atomic E-state index is 13.7. The van der Waals surface area contributed by atoms with Crippen LogP contribution in [0, 0.1) is 11.2 Å². The van der Waals surface area contributed by atoms with Crippen LogP contribution in [-0.2, 0) is 6.54 Å². The summed E-state index contributed by atoms with van der Waals surface area (Å²) in [4.78, 5) is 14.4. The van der Waals surface area contributed by atoms with Crippen LogP contribution >= 0.6 is 0 Å². The van der Waals surface area contributed by atoms with Gasteiger partial charge in [-0.05, 0) is 17.5 Å². The number of nitrogens with one attached hydrogen (secondary N) is 1. The van der Waals surface area contributed by atoms with Gasteiger partial charge in [-0.3, -0.25) is 4.57 Å². The highest BCUT2D eigenvalue weighted by atomic mass is 19.1. The van der Waals surface area contributed by atoms with Gasteiger partial charge in [-0.15, -0.1) is 0 Å². The lowest BCUT2D eigenvalue weighted by molar-refractivity contribution is 0.342. The maximum Gasteiger partial charge on any atom is 0.326 e. The summed E-state index contributed by atoms with van der Waals surface area (Å²) in [6.45, 7) is 6.53. The number of H-pyrrole nitrogens is 1. The Hall–Kier alpha value is -1.58. The SMILES string of the molecule is CC(C)(C)Cn1c(=O)[nH]c2cccc(F)c21. The fourth-order valence-electron chi connectivity index (χ4n) is 1.80. The Morgan fingerprint density at radius 2 is 2.06 bits per heavy atom. The number of hydrogen-bond acceptors (Lipinski definition) is 1. The Bertz CT molecular complexity index is 575. The molecule has 0 saturated heterocycles. The van der Waals surface area contributed by atoms with E-state index in [0.29, 0.717) is 17.6 Å². The summed E-state index contributed by atoms with van der Waals surface area (Å²) in [6.07, 6.45) is 0. The summed E-state index contributed by atoms with van der Waals surface area (Å²) in [6, 6.07) is 4.67. The lowest BCUT2D eigenvalue weighted by Crippen LogP contribution is -2.24. The predicted octanol–water partition coefficient (Wildman–Crippen LogP) is 2.51. The number of nitrogens with zero attached hydrogens (tertiary/aromatic N) is 1. The van der Waals surface area contributed by atoms with Crippen molar-refractivity contribution >= 4 is 11.0 Å². The van der Waals surface area contributed by atoms with Gasteiger partial charge < -0.3 is 4.98 Å². The van der Waals surface area contributed by atoms with Crippen molar-refractivity contribution in [2.45, 2.75) is 27.3 Å². The zero-order valence-corrected chi connectivity index (χ0v) is 9.67. The number of aromatic nitrogens is 2. The molecular weight excluding hydrogens is 207 g/mol. The summed E-state index contributed by atoms with van der Waals surface area (Å²) in [5.74, 6) is -0.361. The number of fused-ring (bicyclic) bond motifs is 1. The molecule has 0 aliphatic carbocycles. The van der Waals surface area contributed by atoms with Crippen LogP contribution in [0.2, 0.25) is 0 Å². The Morgan fingerprint density at radius 1 is 1.38 bits per heavy atom. The number of para-hydroxylation sites is 1. The fourth-order valence-corrected chi connectivity index (χ4v) is 1.80. The first-order valence-corrected chi connectivity index (χ1v) is 5.25. The molecule has 0 aliphatic heterocycles. The molecule has 1 aromatic heterocycles. The van der Waals surface area contributed by atoms with Crippen molar-refractivity contribution in [3.05, 3.63) is 34.5 Å². The van der Waals surface area contributed by atoms with Gasteiger partial charge in [0.05, 0.1) is 5.52 Å². The predicted molar refractivity (Wildman–Crippen MR) is 62.0 cm³/mol. The average Bonchev–Trinajstić information content (AvgIpc) is 2.42. The van der Waals surface area contributed by atoms with E-state index < -0.39 is 0 Å². The molecule has 0 fully saturated rings. The first-order chi connectivity index (χ1) is 7.38. The Balaban J connectivity index is 2.69. The van der Waals surface area contributed by atoms with Crippen LogP contribution in [0.25, 0.3) is 11.0 Å². The molecule has 16 heavy (non-hydrogen) atoms. The lowest BCUT2D eigenvalue weighted by Gasteiger charge is -2.18. The van der Waals surface area contributed by atoms with Crippen LogP contribution in [0.5, 0.6) is 0 Å². The van der Waals surface area contributed by atoms with E-state index in [0.717, 1.165) is 0 Å². The van der Waals surface area contributed by atoms with Crippen LogP contribution in [0.15, 0.2) is 23.0 Å². The lowest BCUT2D eigenvalue weighted by atomic mass is 9.97. The van der Waals surface area contributed by atoms with Gasteiger partial charge in [0.1, 0.15) is 11.3 Å². The molecule has 0 aliphatic rings. The molecule has 0 unspecified atom stereocenters. The molecule has 3 nitrogen and oxygen atoms in total. The summed E-state index contributed by atoms with van der Waals surface area (Å²) < 4.78 is 15.1. The van der Waals surface area contributed by atoms with E-state index in [1.807, 2.05) is 20.8 Å². The van der Waals surface area contributed by atoms with Gasteiger partial charge in [0.25, 0.3) is 0 Å². The third-order valence-corrected chi connectivity index (χ3v) is 2.38. The van der Waals surface area contributed by atoms with E-state index in [2.05, 4.69) is 4.98 Å². The molecule has 0 saturated carbocycles. The van der Waals surface area contributed by atoms with E-state index in [4.69, 9.17) is 0 Å². The molecule has 0 amide bonds. The number of rotatable bonds is 1. The molecule has 0 bridgehead atoms. The highest BCUT2D eigenvalue weighted by Gasteiger charge is 2.17. The van der Waals surface area contributed by atoms with E-state index >= 15 is 0 Å². The highest BCUT2D eigenvalue weighted by Crippen LogP contribution is 2.20.